The first kappa shape index (κ1) is 12.0. The molecule has 4 atom stereocenters. The fourth-order valence-corrected chi connectivity index (χ4v) is 3.70. The minimum atomic E-state index is 0.216. The molecule has 18 heavy (non-hydrogen) atoms. The van der Waals surface area contributed by atoms with Crippen molar-refractivity contribution in [3.05, 3.63) is 5.89 Å². The van der Waals surface area contributed by atoms with Crippen molar-refractivity contribution in [3.63, 3.8) is 0 Å². The first-order valence-electron chi connectivity index (χ1n) is 7.08. The predicted molar refractivity (Wildman–Crippen MR) is 69.4 cm³/mol. The number of fused-ring (bicyclic) bond motifs is 2. The third-order valence-corrected chi connectivity index (χ3v) is 4.74. The standard InChI is InChI=1S/C13H22N4O/c1-3-17(4-2)13-15-12(18-16-13)10-8-5-6-9(7-8)11(10)14/h8-11H,3-7,14H2,1-2H3. The molecule has 0 aliphatic heterocycles. The number of nitrogens with zero attached hydrogens (tertiary/aromatic N) is 3. The van der Waals surface area contributed by atoms with E-state index < -0.39 is 0 Å². The fraction of sp³-hybridized carbons (Fsp3) is 0.846. The Bertz CT molecular complexity index is 413. The second-order valence-corrected chi connectivity index (χ2v) is 5.54. The molecule has 3 rings (SSSR count). The summed E-state index contributed by atoms with van der Waals surface area (Å²) in [6.45, 7) is 6.00. The number of hydrogen-bond acceptors (Lipinski definition) is 5. The van der Waals surface area contributed by atoms with E-state index in [2.05, 4.69) is 28.9 Å². The van der Waals surface area contributed by atoms with E-state index >= 15 is 0 Å². The van der Waals surface area contributed by atoms with Gasteiger partial charge in [-0.25, -0.2) is 0 Å². The Labute approximate surface area is 108 Å². The number of nitrogens with two attached hydrogens (primary N) is 1. The van der Waals surface area contributed by atoms with Crippen LogP contribution >= 0.6 is 0 Å². The molecule has 5 nitrogen and oxygen atoms in total. The zero-order chi connectivity index (χ0) is 12.7. The monoisotopic (exact) mass is 250 g/mol. The molecule has 2 saturated carbocycles. The van der Waals surface area contributed by atoms with Crippen molar-refractivity contribution in [3.8, 4) is 0 Å². The highest BCUT2D eigenvalue weighted by Gasteiger charge is 2.48. The maximum atomic E-state index is 6.31. The molecule has 5 heteroatoms. The fourth-order valence-electron chi connectivity index (χ4n) is 3.70. The third kappa shape index (κ3) is 1.72. The second kappa shape index (κ2) is 4.53. The minimum Gasteiger partial charge on any atom is -0.339 e. The highest BCUT2D eigenvalue weighted by Crippen LogP contribution is 2.51. The lowest BCUT2D eigenvalue weighted by molar-refractivity contribution is 0.279. The van der Waals surface area contributed by atoms with E-state index in [0.29, 0.717) is 23.7 Å². The summed E-state index contributed by atoms with van der Waals surface area (Å²) < 4.78 is 5.47. The van der Waals surface area contributed by atoms with Crippen LogP contribution in [0.1, 0.15) is 44.9 Å². The largest absolute Gasteiger partial charge is 0.339 e. The smallest absolute Gasteiger partial charge is 0.266 e. The van der Waals surface area contributed by atoms with Crippen LogP contribution in [0.3, 0.4) is 0 Å². The molecule has 1 aromatic rings. The van der Waals surface area contributed by atoms with E-state index in [1.165, 1.54) is 19.3 Å². The van der Waals surface area contributed by atoms with Crippen LogP contribution in [0.2, 0.25) is 0 Å². The number of rotatable bonds is 4. The molecule has 2 aliphatic rings. The molecule has 2 aliphatic carbocycles. The van der Waals surface area contributed by atoms with Crippen LogP contribution in [0.15, 0.2) is 4.52 Å². The molecule has 2 fully saturated rings. The van der Waals surface area contributed by atoms with Crippen molar-refractivity contribution < 1.29 is 4.52 Å². The van der Waals surface area contributed by atoms with E-state index in [4.69, 9.17) is 10.3 Å². The van der Waals surface area contributed by atoms with Crippen molar-refractivity contribution >= 4 is 5.95 Å². The van der Waals surface area contributed by atoms with Crippen molar-refractivity contribution in [1.29, 1.82) is 0 Å². The molecule has 0 aromatic carbocycles. The molecule has 0 amide bonds. The molecule has 1 heterocycles. The quantitative estimate of drug-likeness (QED) is 0.881. The molecular weight excluding hydrogens is 228 g/mol. The average Bonchev–Trinajstić information content (AvgIpc) is 3.06. The van der Waals surface area contributed by atoms with Crippen LogP contribution in [-0.4, -0.2) is 29.3 Å². The number of aromatic nitrogens is 2. The van der Waals surface area contributed by atoms with Crippen LogP contribution in [0.4, 0.5) is 5.95 Å². The Morgan fingerprint density at radius 3 is 2.61 bits per heavy atom. The lowest BCUT2D eigenvalue weighted by Crippen LogP contribution is -2.34. The van der Waals surface area contributed by atoms with E-state index in [9.17, 15) is 0 Å². The Balaban J connectivity index is 1.81. The first-order chi connectivity index (χ1) is 8.74. The summed E-state index contributed by atoms with van der Waals surface area (Å²) >= 11 is 0. The van der Waals surface area contributed by atoms with Crippen LogP contribution in [0, 0.1) is 11.8 Å². The SMILES string of the molecule is CCN(CC)c1noc(C2C3CCC(C3)C2N)n1. The second-order valence-electron chi connectivity index (χ2n) is 5.54. The van der Waals surface area contributed by atoms with Crippen molar-refractivity contribution in [2.75, 3.05) is 18.0 Å². The lowest BCUT2D eigenvalue weighted by atomic mass is 9.85. The molecule has 0 saturated heterocycles. The minimum absolute atomic E-state index is 0.216. The Morgan fingerprint density at radius 2 is 2.00 bits per heavy atom. The van der Waals surface area contributed by atoms with Crippen LogP contribution in [0.5, 0.6) is 0 Å². The summed E-state index contributed by atoms with van der Waals surface area (Å²) in [5, 5.41) is 4.11. The zero-order valence-electron chi connectivity index (χ0n) is 11.2. The molecule has 4 unspecified atom stereocenters. The van der Waals surface area contributed by atoms with Gasteiger partial charge >= 0.3 is 0 Å². The maximum Gasteiger partial charge on any atom is 0.266 e. The molecular formula is C13H22N4O. The van der Waals surface area contributed by atoms with E-state index in [1.54, 1.807) is 0 Å². The van der Waals surface area contributed by atoms with Gasteiger partial charge in [-0.3, -0.25) is 0 Å². The Morgan fingerprint density at radius 1 is 1.28 bits per heavy atom. The average molecular weight is 250 g/mol. The van der Waals surface area contributed by atoms with Crippen molar-refractivity contribution in [2.45, 2.75) is 45.1 Å². The molecule has 0 spiro atoms. The normalized spacial score (nSPS) is 34.2. The summed E-state index contributed by atoms with van der Waals surface area (Å²) in [4.78, 5) is 6.67. The van der Waals surface area contributed by atoms with Gasteiger partial charge in [-0.2, -0.15) is 4.98 Å². The van der Waals surface area contributed by atoms with E-state index in [0.717, 1.165) is 19.0 Å². The summed E-state index contributed by atoms with van der Waals surface area (Å²) in [6, 6.07) is 0.216. The van der Waals surface area contributed by atoms with Crippen molar-refractivity contribution in [2.24, 2.45) is 17.6 Å². The molecule has 1 aromatic heterocycles. The molecule has 2 bridgehead atoms. The predicted octanol–water partition coefficient (Wildman–Crippen LogP) is 1.76. The highest BCUT2D eigenvalue weighted by atomic mass is 16.5. The third-order valence-electron chi connectivity index (χ3n) is 4.74. The van der Waals surface area contributed by atoms with Gasteiger partial charge < -0.3 is 15.2 Å². The summed E-state index contributed by atoms with van der Waals surface area (Å²) in [6.07, 6.45) is 3.79. The van der Waals surface area contributed by atoms with Crippen LogP contribution < -0.4 is 10.6 Å². The van der Waals surface area contributed by atoms with Gasteiger partial charge in [0.15, 0.2) is 0 Å². The van der Waals surface area contributed by atoms with Gasteiger partial charge in [0.05, 0.1) is 5.92 Å². The van der Waals surface area contributed by atoms with Gasteiger partial charge in [-0.1, -0.05) is 0 Å². The van der Waals surface area contributed by atoms with Crippen molar-refractivity contribution in [1.82, 2.24) is 10.1 Å². The zero-order valence-corrected chi connectivity index (χ0v) is 11.2. The van der Waals surface area contributed by atoms with Gasteiger partial charge in [-0.05, 0) is 50.1 Å². The maximum absolute atomic E-state index is 6.31. The molecule has 2 N–H and O–H groups in total. The summed E-state index contributed by atoms with van der Waals surface area (Å²) in [5.41, 5.74) is 6.31. The van der Waals surface area contributed by atoms with Gasteiger partial charge in [0.1, 0.15) is 0 Å². The lowest BCUT2D eigenvalue weighted by Gasteiger charge is -2.24. The van der Waals surface area contributed by atoms with Crippen LogP contribution in [0.25, 0.3) is 0 Å². The molecule has 100 valence electrons. The highest BCUT2D eigenvalue weighted by molar-refractivity contribution is 5.28. The van der Waals surface area contributed by atoms with Crippen LogP contribution in [-0.2, 0) is 0 Å². The summed E-state index contributed by atoms with van der Waals surface area (Å²) in [5.74, 6) is 3.10. The van der Waals surface area contributed by atoms with Gasteiger partial charge in [0.25, 0.3) is 5.95 Å². The first-order valence-corrected chi connectivity index (χ1v) is 7.08. The Hall–Kier alpha value is -1.10. The van der Waals surface area contributed by atoms with E-state index in [1.807, 2.05) is 0 Å². The molecule has 0 radical (unpaired) electrons. The van der Waals surface area contributed by atoms with Gasteiger partial charge in [0, 0.05) is 19.1 Å². The topological polar surface area (TPSA) is 68.2 Å². The number of hydrogen-bond donors (Lipinski definition) is 1. The summed E-state index contributed by atoms with van der Waals surface area (Å²) in [7, 11) is 0. The Kier molecular flexibility index (Phi) is 3.01. The van der Waals surface area contributed by atoms with Gasteiger partial charge in [-0.15, -0.1) is 0 Å². The number of anilines is 1. The van der Waals surface area contributed by atoms with E-state index in [-0.39, 0.29) is 6.04 Å². The van der Waals surface area contributed by atoms with Gasteiger partial charge in [0.2, 0.25) is 5.89 Å².